The molecule has 0 bridgehead atoms. The van der Waals surface area contributed by atoms with Crippen LogP contribution < -0.4 is 4.90 Å². The SMILES string of the molecule is CC(C)C[C@@H](C)N(C(=O)CC[C@H]1CCCO1)c1ccc2[nH]ccc2c1. The number of hydrogen-bond donors (Lipinski definition) is 1. The maximum absolute atomic E-state index is 13.1. The smallest absolute Gasteiger partial charge is 0.227 e. The van der Waals surface area contributed by atoms with Gasteiger partial charge in [-0.2, -0.15) is 0 Å². The molecule has 25 heavy (non-hydrogen) atoms. The van der Waals surface area contributed by atoms with Gasteiger partial charge >= 0.3 is 0 Å². The molecule has 0 unspecified atom stereocenters. The fourth-order valence-corrected chi connectivity index (χ4v) is 3.90. The number of anilines is 1. The Bertz CT molecular complexity index is 701. The summed E-state index contributed by atoms with van der Waals surface area (Å²) in [5.74, 6) is 0.762. The van der Waals surface area contributed by atoms with E-state index in [-0.39, 0.29) is 18.1 Å². The molecule has 0 radical (unpaired) electrons. The highest BCUT2D eigenvalue weighted by molar-refractivity contribution is 5.96. The van der Waals surface area contributed by atoms with Crippen molar-refractivity contribution in [2.24, 2.45) is 5.92 Å². The maximum Gasteiger partial charge on any atom is 0.227 e. The van der Waals surface area contributed by atoms with Gasteiger partial charge in [0.25, 0.3) is 0 Å². The second-order valence-electron chi connectivity index (χ2n) is 7.67. The summed E-state index contributed by atoms with van der Waals surface area (Å²) in [6.07, 6.45) is 6.79. The minimum atomic E-state index is 0.188. The van der Waals surface area contributed by atoms with E-state index in [9.17, 15) is 4.79 Å². The van der Waals surface area contributed by atoms with E-state index < -0.39 is 0 Å². The number of ether oxygens (including phenoxy) is 1. The van der Waals surface area contributed by atoms with E-state index in [1.54, 1.807) is 0 Å². The molecule has 1 saturated heterocycles. The number of benzene rings is 1. The molecule has 4 nitrogen and oxygen atoms in total. The van der Waals surface area contributed by atoms with Crippen molar-refractivity contribution in [1.82, 2.24) is 4.98 Å². The molecule has 3 rings (SSSR count). The zero-order valence-electron chi connectivity index (χ0n) is 15.6. The molecular formula is C21H30N2O2. The molecule has 2 atom stereocenters. The fourth-order valence-electron chi connectivity index (χ4n) is 3.90. The van der Waals surface area contributed by atoms with Gasteiger partial charge in [-0.1, -0.05) is 13.8 Å². The summed E-state index contributed by atoms with van der Waals surface area (Å²) in [4.78, 5) is 18.3. The highest BCUT2D eigenvalue weighted by Crippen LogP contribution is 2.27. The first-order valence-electron chi connectivity index (χ1n) is 9.55. The van der Waals surface area contributed by atoms with Gasteiger partial charge in [0.1, 0.15) is 0 Å². The van der Waals surface area contributed by atoms with Crippen LogP contribution in [-0.2, 0) is 9.53 Å². The zero-order chi connectivity index (χ0) is 17.8. The largest absolute Gasteiger partial charge is 0.378 e. The predicted molar refractivity (Wildman–Crippen MR) is 103 cm³/mol. The number of nitrogens with one attached hydrogen (secondary N) is 1. The predicted octanol–water partition coefficient (Wildman–Crippen LogP) is 4.89. The van der Waals surface area contributed by atoms with Gasteiger partial charge in [-0.3, -0.25) is 4.79 Å². The lowest BCUT2D eigenvalue weighted by Gasteiger charge is -2.31. The molecule has 4 heteroatoms. The number of aromatic nitrogens is 1. The Labute approximate surface area is 150 Å². The summed E-state index contributed by atoms with van der Waals surface area (Å²) in [6, 6.07) is 8.48. The highest BCUT2D eigenvalue weighted by Gasteiger charge is 2.25. The van der Waals surface area contributed by atoms with Gasteiger partial charge < -0.3 is 14.6 Å². The van der Waals surface area contributed by atoms with E-state index in [1.807, 2.05) is 11.1 Å². The molecule has 2 aromatic rings. The van der Waals surface area contributed by atoms with Gasteiger partial charge in [-0.15, -0.1) is 0 Å². The lowest BCUT2D eigenvalue weighted by molar-refractivity contribution is -0.119. The number of H-pyrrole nitrogens is 1. The van der Waals surface area contributed by atoms with Gasteiger partial charge in [0, 0.05) is 41.9 Å². The number of aromatic amines is 1. The highest BCUT2D eigenvalue weighted by atomic mass is 16.5. The summed E-state index contributed by atoms with van der Waals surface area (Å²) in [7, 11) is 0. The van der Waals surface area contributed by atoms with Crippen molar-refractivity contribution in [2.45, 2.75) is 65.0 Å². The summed E-state index contributed by atoms with van der Waals surface area (Å²) in [5.41, 5.74) is 2.10. The van der Waals surface area contributed by atoms with Crippen molar-refractivity contribution in [3.05, 3.63) is 30.5 Å². The Morgan fingerprint density at radius 3 is 2.88 bits per heavy atom. The van der Waals surface area contributed by atoms with Crippen LogP contribution in [0.3, 0.4) is 0 Å². The van der Waals surface area contributed by atoms with Crippen LogP contribution in [-0.4, -0.2) is 29.6 Å². The third kappa shape index (κ3) is 4.43. The number of hydrogen-bond acceptors (Lipinski definition) is 2. The van der Waals surface area contributed by atoms with Gasteiger partial charge in [0.15, 0.2) is 0 Å². The van der Waals surface area contributed by atoms with Gasteiger partial charge in [0.05, 0.1) is 6.10 Å². The van der Waals surface area contributed by atoms with Crippen LogP contribution in [0.1, 0.15) is 52.9 Å². The van der Waals surface area contributed by atoms with Crippen molar-refractivity contribution in [3.63, 3.8) is 0 Å². The third-order valence-electron chi connectivity index (χ3n) is 5.04. The van der Waals surface area contributed by atoms with E-state index >= 15 is 0 Å². The number of carbonyl (C=O) groups is 1. The second-order valence-corrected chi connectivity index (χ2v) is 7.67. The van der Waals surface area contributed by atoms with Crippen LogP contribution in [0.5, 0.6) is 0 Å². The van der Waals surface area contributed by atoms with Crippen LogP contribution in [0.15, 0.2) is 30.5 Å². The minimum Gasteiger partial charge on any atom is -0.378 e. The summed E-state index contributed by atoms with van der Waals surface area (Å²) in [6.45, 7) is 7.42. The van der Waals surface area contributed by atoms with Gasteiger partial charge in [-0.25, -0.2) is 0 Å². The van der Waals surface area contributed by atoms with E-state index in [2.05, 4.69) is 50.0 Å². The Kier molecular flexibility index (Phi) is 5.79. The summed E-state index contributed by atoms with van der Waals surface area (Å²) in [5, 5.41) is 1.14. The summed E-state index contributed by atoms with van der Waals surface area (Å²) < 4.78 is 5.69. The molecule has 1 aliphatic rings. The van der Waals surface area contributed by atoms with Gasteiger partial charge in [-0.05, 0) is 62.8 Å². The molecule has 0 aliphatic carbocycles. The number of amides is 1. The molecule has 1 amide bonds. The Hall–Kier alpha value is -1.81. The summed E-state index contributed by atoms with van der Waals surface area (Å²) >= 11 is 0. The third-order valence-corrected chi connectivity index (χ3v) is 5.04. The lowest BCUT2D eigenvalue weighted by Crippen LogP contribution is -2.39. The molecule has 2 heterocycles. The quantitative estimate of drug-likeness (QED) is 0.778. The number of rotatable bonds is 7. The van der Waals surface area contributed by atoms with Gasteiger partial charge in [0.2, 0.25) is 5.91 Å². The molecular weight excluding hydrogens is 312 g/mol. The van der Waals surface area contributed by atoms with E-state index in [0.717, 1.165) is 48.9 Å². The molecule has 1 aromatic heterocycles. The van der Waals surface area contributed by atoms with Crippen LogP contribution in [0.2, 0.25) is 0 Å². The Balaban J connectivity index is 1.78. The van der Waals surface area contributed by atoms with Crippen molar-refractivity contribution in [3.8, 4) is 0 Å². The van der Waals surface area contributed by atoms with Crippen molar-refractivity contribution in [2.75, 3.05) is 11.5 Å². The lowest BCUT2D eigenvalue weighted by atomic mass is 10.0. The normalized spacial score (nSPS) is 18.8. The second kappa shape index (κ2) is 8.05. The average Bonchev–Trinajstić information content (AvgIpc) is 3.23. The molecule has 1 fully saturated rings. The Morgan fingerprint density at radius 2 is 2.16 bits per heavy atom. The Morgan fingerprint density at radius 1 is 1.32 bits per heavy atom. The van der Waals surface area contributed by atoms with Crippen molar-refractivity contribution < 1.29 is 9.53 Å². The molecule has 1 aliphatic heterocycles. The van der Waals surface area contributed by atoms with Crippen LogP contribution in [0, 0.1) is 5.92 Å². The topological polar surface area (TPSA) is 45.3 Å². The van der Waals surface area contributed by atoms with E-state index in [0.29, 0.717) is 12.3 Å². The molecule has 1 aromatic carbocycles. The van der Waals surface area contributed by atoms with Crippen LogP contribution in [0.4, 0.5) is 5.69 Å². The maximum atomic E-state index is 13.1. The fraction of sp³-hybridized carbons (Fsp3) is 0.571. The first kappa shape index (κ1) is 18.0. The molecule has 0 saturated carbocycles. The molecule has 0 spiro atoms. The van der Waals surface area contributed by atoms with Crippen LogP contribution in [0.25, 0.3) is 10.9 Å². The molecule has 1 N–H and O–H groups in total. The zero-order valence-corrected chi connectivity index (χ0v) is 15.6. The average molecular weight is 342 g/mol. The minimum absolute atomic E-state index is 0.188. The van der Waals surface area contributed by atoms with E-state index in [4.69, 9.17) is 4.74 Å². The van der Waals surface area contributed by atoms with Crippen molar-refractivity contribution >= 4 is 22.5 Å². The standard InChI is InChI=1S/C21H30N2O2/c1-15(2)13-16(3)23(21(24)9-7-19-5-4-12-25-19)18-6-8-20-17(14-18)10-11-22-20/h6,8,10-11,14-16,19,22H,4-5,7,9,12-13H2,1-3H3/t16-,19-/m1/s1. The monoisotopic (exact) mass is 342 g/mol. The number of nitrogens with zero attached hydrogens (tertiary/aromatic N) is 1. The molecule has 136 valence electrons. The first-order valence-corrected chi connectivity index (χ1v) is 9.55. The van der Waals surface area contributed by atoms with E-state index in [1.165, 1.54) is 0 Å². The number of fused-ring (bicyclic) bond motifs is 1. The van der Waals surface area contributed by atoms with Crippen molar-refractivity contribution in [1.29, 1.82) is 0 Å². The number of carbonyl (C=O) groups excluding carboxylic acids is 1. The van der Waals surface area contributed by atoms with Crippen LogP contribution >= 0.6 is 0 Å². The first-order chi connectivity index (χ1) is 12.0.